The summed E-state index contributed by atoms with van der Waals surface area (Å²) >= 11 is 0. The van der Waals surface area contributed by atoms with E-state index in [-0.39, 0.29) is 18.5 Å². The average molecular weight is 362 g/mol. The molecule has 0 atom stereocenters. The molecular formula is C15H19N6O3P. The summed E-state index contributed by atoms with van der Waals surface area (Å²) in [5.41, 5.74) is 8.07. The maximum absolute atomic E-state index is 10.9. The van der Waals surface area contributed by atoms with E-state index in [1.807, 2.05) is 30.3 Å². The Balaban J connectivity index is 1.71. The largest absolute Gasteiger partial charge is 0.382 e. The molecule has 6 N–H and O–H groups in total. The molecule has 0 amide bonds. The molecule has 0 aliphatic rings. The summed E-state index contributed by atoms with van der Waals surface area (Å²) in [5.74, 6) is 1.23. The first-order valence-corrected chi connectivity index (χ1v) is 9.55. The van der Waals surface area contributed by atoms with E-state index < -0.39 is 7.60 Å². The van der Waals surface area contributed by atoms with Gasteiger partial charge in [0.25, 0.3) is 0 Å². The van der Waals surface area contributed by atoms with Gasteiger partial charge in [0.05, 0.1) is 6.16 Å². The predicted molar refractivity (Wildman–Crippen MR) is 95.3 cm³/mol. The van der Waals surface area contributed by atoms with E-state index in [9.17, 15) is 4.57 Å². The minimum atomic E-state index is -4.05. The highest BCUT2D eigenvalue weighted by molar-refractivity contribution is 7.51. The van der Waals surface area contributed by atoms with E-state index >= 15 is 0 Å². The molecule has 0 spiro atoms. The molecule has 0 bridgehead atoms. The fourth-order valence-electron chi connectivity index (χ4n) is 2.39. The van der Waals surface area contributed by atoms with E-state index in [1.54, 1.807) is 0 Å². The van der Waals surface area contributed by atoms with Crippen LogP contribution in [0.4, 0.5) is 11.8 Å². The molecule has 0 unspecified atom stereocenters. The van der Waals surface area contributed by atoms with Crippen molar-refractivity contribution in [2.24, 2.45) is 0 Å². The Morgan fingerprint density at radius 1 is 1.12 bits per heavy atom. The van der Waals surface area contributed by atoms with Crippen molar-refractivity contribution in [1.82, 2.24) is 19.9 Å². The summed E-state index contributed by atoms with van der Waals surface area (Å²) in [6, 6.07) is 10.0. The smallest absolute Gasteiger partial charge is 0.327 e. The van der Waals surface area contributed by atoms with Gasteiger partial charge in [0.15, 0.2) is 17.0 Å². The van der Waals surface area contributed by atoms with Gasteiger partial charge in [-0.15, -0.1) is 0 Å². The summed E-state index contributed by atoms with van der Waals surface area (Å²) in [6.07, 6.45) is 1.16. The molecule has 0 saturated heterocycles. The number of aryl methyl sites for hydroxylation is 2. The SMILES string of the molecule is Nc1nc(CCc2ccccc2)nc2[nH]c(NCCP(=O)(O)O)nc12. The van der Waals surface area contributed by atoms with E-state index in [2.05, 4.69) is 25.3 Å². The Labute approximate surface area is 143 Å². The van der Waals surface area contributed by atoms with Gasteiger partial charge in [-0.3, -0.25) is 4.57 Å². The minimum Gasteiger partial charge on any atom is -0.382 e. The summed E-state index contributed by atoms with van der Waals surface area (Å²) in [6.45, 7) is 0.0816. The normalized spacial score (nSPS) is 11.8. The topological polar surface area (TPSA) is 150 Å². The van der Waals surface area contributed by atoms with Gasteiger partial charge in [-0.05, 0) is 12.0 Å². The number of fused-ring (bicyclic) bond motifs is 1. The minimum absolute atomic E-state index is 0.0816. The highest BCUT2D eigenvalue weighted by atomic mass is 31.2. The number of aromatic amines is 1. The molecule has 1 aromatic carbocycles. The van der Waals surface area contributed by atoms with Crippen LogP contribution in [0.5, 0.6) is 0 Å². The molecule has 10 heteroatoms. The first-order chi connectivity index (χ1) is 11.9. The molecule has 3 aromatic rings. The van der Waals surface area contributed by atoms with Crippen LogP contribution in [0.25, 0.3) is 11.2 Å². The van der Waals surface area contributed by atoms with Crippen molar-refractivity contribution in [3.63, 3.8) is 0 Å². The van der Waals surface area contributed by atoms with Crippen LogP contribution in [0.2, 0.25) is 0 Å². The van der Waals surface area contributed by atoms with Crippen LogP contribution >= 0.6 is 7.60 Å². The van der Waals surface area contributed by atoms with Gasteiger partial charge in [-0.2, -0.15) is 0 Å². The number of nitrogens with one attached hydrogen (secondary N) is 2. The maximum Gasteiger partial charge on any atom is 0.327 e. The van der Waals surface area contributed by atoms with Gasteiger partial charge in [-0.1, -0.05) is 30.3 Å². The molecule has 0 aliphatic carbocycles. The molecule has 2 heterocycles. The van der Waals surface area contributed by atoms with Gasteiger partial charge in [-0.25, -0.2) is 15.0 Å². The molecule has 132 valence electrons. The first kappa shape index (κ1) is 17.3. The van der Waals surface area contributed by atoms with Crippen LogP contribution in [0.1, 0.15) is 11.4 Å². The summed E-state index contributed by atoms with van der Waals surface area (Å²) in [7, 11) is -4.05. The third kappa shape index (κ3) is 4.76. The molecule has 25 heavy (non-hydrogen) atoms. The lowest BCUT2D eigenvalue weighted by molar-refractivity contribution is 0.374. The summed E-state index contributed by atoms with van der Waals surface area (Å²) in [4.78, 5) is 33.6. The lowest BCUT2D eigenvalue weighted by atomic mass is 10.1. The van der Waals surface area contributed by atoms with Crippen molar-refractivity contribution >= 4 is 30.5 Å². The average Bonchev–Trinajstić information content (AvgIpc) is 2.96. The Hall–Kier alpha value is -2.48. The standard InChI is InChI=1S/C15H19N6O3P/c16-13-12-14(21-15(20-12)17-8-9-25(22,23)24)19-11(18-13)7-6-10-4-2-1-3-5-10/h1-5H,6-9H2,(H2,22,23,24)(H4,16,17,18,19,20,21). The monoisotopic (exact) mass is 362 g/mol. The predicted octanol–water partition coefficient (Wildman–Crippen LogP) is 1.31. The fourth-order valence-corrected chi connectivity index (χ4v) is 2.79. The Bertz CT molecular complexity index is 908. The van der Waals surface area contributed by atoms with Gasteiger partial charge < -0.3 is 25.8 Å². The maximum atomic E-state index is 10.9. The number of hydrogen-bond donors (Lipinski definition) is 5. The fraction of sp³-hybridized carbons (Fsp3) is 0.267. The number of imidazole rings is 1. The third-order valence-electron chi connectivity index (χ3n) is 3.59. The second-order valence-corrected chi connectivity index (χ2v) is 7.38. The van der Waals surface area contributed by atoms with Gasteiger partial charge in [0.2, 0.25) is 5.95 Å². The van der Waals surface area contributed by atoms with E-state index in [4.69, 9.17) is 15.5 Å². The van der Waals surface area contributed by atoms with E-state index in [0.717, 1.165) is 6.42 Å². The lowest BCUT2D eigenvalue weighted by Crippen LogP contribution is -2.07. The second-order valence-electron chi connectivity index (χ2n) is 5.61. The molecule has 9 nitrogen and oxygen atoms in total. The molecule has 3 rings (SSSR count). The number of aromatic nitrogens is 4. The molecule has 0 saturated carbocycles. The van der Waals surface area contributed by atoms with Crippen molar-refractivity contribution in [2.75, 3.05) is 23.8 Å². The summed E-state index contributed by atoms with van der Waals surface area (Å²) in [5, 5.41) is 2.81. The third-order valence-corrected chi connectivity index (χ3v) is 4.40. The Kier molecular flexibility index (Phi) is 4.98. The number of anilines is 2. The number of H-pyrrole nitrogens is 1. The van der Waals surface area contributed by atoms with E-state index in [0.29, 0.717) is 29.4 Å². The van der Waals surface area contributed by atoms with Crippen molar-refractivity contribution in [2.45, 2.75) is 12.8 Å². The summed E-state index contributed by atoms with van der Waals surface area (Å²) < 4.78 is 10.9. The van der Waals surface area contributed by atoms with Gasteiger partial charge in [0, 0.05) is 13.0 Å². The van der Waals surface area contributed by atoms with Crippen LogP contribution in [0.15, 0.2) is 30.3 Å². The zero-order valence-electron chi connectivity index (χ0n) is 13.4. The number of nitrogens with two attached hydrogens (primary N) is 1. The first-order valence-electron chi connectivity index (χ1n) is 7.75. The van der Waals surface area contributed by atoms with Crippen LogP contribution in [-0.2, 0) is 17.4 Å². The lowest BCUT2D eigenvalue weighted by Gasteiger charge is -2.03. The van der Waals surface area contributed by atoms with Gasteiger partial charge in [0.1, 0.15) is 5.82 Å². The number of nitrogen functional groups attached to an aromatic ring is 1. The van der Waals surface area contributed by atoms with Crippen LogP contribution in [-0.4, -0.2) is 42.4 Å². The van der Waals surface area contributed by atoms with Crippen LogP contribution in [0.3, 0.4) is 0 Å². The number of hydrogen-bond acceptors (Lipinski definition) is 6. The highest BCUT2D eigenvalue weighted by Crippen LogP contribution is 2.33. The highest BCUT2D eigenvalue weighted by Gasteiger charge is 2.14. The van der Waals surface area contributed by atoms with Gasteiger partial charge >= 0.3 is 7.60 Å². The van der Waals surface area contributed by atoms with Crippen molar-refractivity contribution < 1.29 is 14.4 Å². The van der Waals surface area contributed by atoms with Crippen LogP contribution in [0, 0.1) is 0 Å². The molecule has 0 fully saturated rings. The zero-order chi connectivity index (χ0) is 17.9. The molecule has 0 aliphatic heterocycles. The van der Waals surface area contributed by atoms with Crippen LogP contribution < -0.4 is 11.1 Å². The van der Waals surface area contributed by atoms with Crippen molar-refractivity contribution in [3.8, 4) is 0 Å². The van der Waals surface area contributed by atoms with Crippen molar-refractivity contribution in [1.29, 1.82) is 0 Å². The molecule has 2 aromatic heterocycles. The van der Waals surface area contributed by atoms with Crippen molar-refractivity contribution in [3.05, 3.63) is 41.7 Å². The number of rotatable bonds is 7. The second kappa shape index (κ2) is 7.18. The molecular weight excluding hydrogens is 343 g/mol. The van der Waals surface area contributed by atoms with E-state index in [1.165, 1.54) is 5.56 Å². The Morgan fingerprint density at radius 3 is 2.60 bits per heavy atom. The Morgan fingerprint density at radius 2 is 1.88 bits per heavy atom. The number of nitrogens with zero attached hydrogens (tertiary/aromatic N) is 3. The quantitative estimate of drug-likeness (QED) is 0.395. The molecule has 0 radical (unpaired) electrons. The number of benzene rings is 1. The zero-order valence-corrected chi connectivity index (χ0v) is 14.3.